The highest BCUT2D eigenvalue weighted by molar-refractivity contribution is 7.09. The lowest BCUT2D eigenvalue weighted by atomic mass is 10.2. The van der Waals surface area contributed by atoms with E-state index < -0.39 is 4.92 Å². The number of nitro groups is 1. The summed E-state index contributed by atoms with van der Waals surface area (Å²) in [6, 6.07) is 9.94. The van der Waals surface area contributed by atoms with Crippen LogP contribution in [0.1, 0.15) is 21.1 Å². The summed E-state index contributed by atoms with van der Waals surface area (Å²) in [5, 5.41) is 20.6. The van der Waals surface area contributed by atoms with Crippen LogP contribution < -0.4 is 0 Å². The van der Waals surface area contributed by atoms with Gasteiger partial charge in [-0.3, -0.25) is 14.9 Å². The minimum Gasteiger partial charge on any atom is -0.296 e. The van der Waals surface area contributed by atoms with Crippen LogP contribution in [0.5, 0.6) is 0 Å². The van der Waals surface area contributed by atoms with Crippen molar-refractivity contribution in [3.8, 4) is 5.69 Å². The average Bonchev–Trinajstić information content (AvgIpc) is 3.17. The number of aromatic nitrogens is 3. The van der Waals surface area contributed by atoms with Crippen molar-refractivity contribution < 1.29 is 9.72 Å². The van der Waals surface area contributed by atoms with Gasteiger partial charge in [-0.2, -0.15) is 0 Å². The quantitative estimate of drug-likeness (QED) is 0.410. The highest BCUT2D eigenvalue weighted by atomic mass is 32.1. The molecule has 0 aliphatic rings. The van der Waals surface area contributed by atoms with Crippen LogP contribution >= 0.6 is 11.3 Å². The number of hydrogen-bond acceptors (Lipinski definition) is 6. The number of thiophene rings is 1. The van der Waals surface area contributed by atoms with E-state index >= 15 is 0 Å². The van der Waals surface area contributed by atoms with Crippen molar-refractivity contribution in [2.24, 2.45) is 0 Å². The molecule has 0 amide bonds. The van der Waals surface area contributed by atoms with Gasteiger partial charge in [-0.25, -0.2) is 4.68 Å². The minimum atomic E-state index is -0.472. The summed E-state index contributed by atoms with van der Waals surface area (Å²) >= 11 is 1.56. The molecule has 0 saturated carbocycles. The summed E-state index contributed by atoms with van der Waals surface area (Å²) in [6.45, 7) is 0. The van der Waals surface area contributed by atoms with Crippen LogP contribution in [0.2, 0.25) is 0 Å². The maximum atomic E-state index is 11.2. The standard InChI is InChI=1S/C14H10N4O3S/c19-9-13-14(8-12-5-2-6-22-12)17(16-15-13)10-3-1-4-11(7-10)18(20)21/h1-7,9H,8H2. The Hall–Kier alpha value is -2.87. The van der Waals surface area contributed by atoms with Gasteiger partial charge in [0.1, 0.15) is 5.69 Å². The molecule has 3 rings (SSSR count). The molecule has 0 unspecified atom stereocenters. The third-order valence-electron chi connectivity index (χ3n) is 3.11. The van der Waals surface area contributed by atoms with Gasteiger partial charge in [0.2, 0.25) is 0 Å². The molecule has 0 aliphatic carbocycles. The Morgan fingerprint density at radius 3 is 2.86 bits per heavy atom. The number of carbonyl (C=O) groups excluding carboxylic acids is 1. The van der Waals surface area contributed by atoms with E-state index in [9.17, 15) is 14.9 Å². The summed E-state index contributed by atoms with van der Waals surface area (Å²) in [6.07, 6.45) is 1.13. The molecule has 0 aliphatic heterocycles. The number of nitrogens with zero attached hydrogens (tertiary/aromatic N) is 4. The van der Waals surface area contributed by atoms with Gasteiger partial charge in [0.25, 0.3) is 5.69 Å². The highest BCUT2D eigenvalue weighted by Crippen LogP contribution is 2.21. The topological polar surface area (TPSA) is 90.9 Å². The van der Waals surface area contributed by atoms with Crippen molar-refractivity contribution in [3.63, 3.8) is 0 Å². The van der Waals surface area contributed by atoms with Gasteiger partial charge in [-0.05, 0) is 17.5 Å². The molecule has 8 heteroatoms. The zero-order valence-electron chi connectivity index (χ0n) is 11.2. The normalized spacial score (nSPS) is 10.5. The fraction of sp³-hybridized carbons (Fsp3) is 0.0714. The van der Waals surface area contributed by atoms with Crippen LogP contribution in [0.15, 0.2) is 41.8 Å². The summed E-state index contributed by atoms with van der Waals surface area (Å²) < 4.78 is 1.47. The molecule has 0 radical (unpaired) electrons. The SMILES string of the molecule is O=Cc1nnn(-c2cccc([N+](=O)[O-])c2)c1Cc1cccs1. The van der Waals surface area contributed by atoms with Crippen LogP contribution in [0, 0.1) is 10.1 Å². The Balaban J connectivity index is 2.07. The monoisotopic (exact) mass is 314 g/mol. The van der Waals surface area contributed by atoms with E-state index in [1.54, 1.807) is 23.5 Å². The van der Waals surface area contributed by atoms with Gasteiger partial charge in [0, 0.05) is 23.4 Å². The van der Waals surface area contributed by atoms with Crippen LogP contribution in [0.3, 0.4) is 0 Å². The molecular formula is C14H10N4O3S. The van der Waals surface area contributed by atoms with E-state index in [0.717, 1.165) is 4.88 Å². The summed E-state index contributed by atoms with van der Waals surface area (Å²) in [4.78, 5) is 22.6. The number of carbonyl (C=O) groups is 1. The van der Waals surface area contributed by atoms with E-state index in [-0.39, 0.29) is 11.4 Å². The number of hydrogen-bond donors (Lipinski definition) is 0. The van der Waals surface area contributed by atoms with Crippen LogP contribution in [0.4, 0.5) is 5.69 Å². The first-order valence-electron chi connectivity index (χ1n) is 6.36. The smallest absolute Gasteiger partial charge is 0.271 e. The number of nitro benzene ring substituents is 1. The molecule has 0 N–H and O–H groups in total. The predicted octanol–water partition coefficient (Wildman–Crippen LogP) is 2.64. The Kier molecular flexibility index (Phi) is 3.75. The molecule has 0 atom stereocenters. The molecule has 0 spiro atoms. The zero-order valence-corrected chi connectivity index (χ0v) is 12.1. The summed E-state index contributed by atoms with van der Waals surface area (Å²) in [7, 11) is 0. The van der Waals surface area contributed by atoms with Gasteiger partial charge >= 0.3 is 0 Å². The molecule has 22 heavy (non-hydrogen) atoms. The second kappa shape index (κ2) is 5.86. The van der Waals surface area contributed by atoms with E-state index in [2.05, 4.69) is 10.3 Å². The molecule has 3 aromatic rings. The third-order valence-corrected chi connectivity index (χ3v) is 3.99. The first-order chi connectivity index (χ1) is 10.7. The van der Waals surface area contributed by atoms with Crippen molar-refractivity contribution in [1.82, 2.24) is 15.0 Å². The Bertz CT molecular complexity index is 826. The molecule has 0 bridgehead atoms. The van der Waals surface area contributed by atoms with E-state index in [0.29, 0.717) is 24.1 Å². The largest absolute Gasteiger partial charge is 0.296 e. The zero-order chi connectivity index (χ0) is 15.5. The second-order valence-electron chi connectivity index (χ2n) is 4.48. The number of rotatable bonds is 5. The van der Waals surface area contributed by atoms with Crippen LogP contribution in [-0.2, 0) is 6.42 Å². The van der Waals surface area contributed by atoms with E-state index in [4.69, 9.17) is 0 Å². The maximum absolute atomic E-state index is 11.2. The van der Waals surface area contributed by atoms with Gasteiger partial charge in [0.15, 0.2) is 6.29 Å². The summed E-state index contributed by atoms with van der Waals surface area (Å²) in [5.74, 6) is 0. The molecule has 110 valence electrons. The fourth-order valence-electron chi connectivity index (χ4n) is 2.09. The maximum Gasteiger partial charge on any atom is 0.271 e. The van der Waals surface area contributed by atoms with Crippen molar-refractivity contribution >= 4 is 23.3 Å². The van der Waals surface area contributed by atoms with Crippen molar-refractivity contribution in [2.45, 2.75) is 6.42 Å². The number of aldehydes is 1. The minimum absolute atomic E-state index is 0.0391. The van der Waals surface area contributed by atoms with Gasteiger partial charge in [-0.15, -0.1) is 16.4 Å². The molecule has 0 saturated heterocycles. The van der Waals surface area contributed by atoms with E-state index in [1.807, 2.05) is 17.5 Å². The Morgan fingerprint density at radius 1 is 1.32 bits per heavy atom. The molecular weight excluding hydrogens is 304 g/mol. The first kappa shape index (κ1) is 14.1. The van der Waals surface area contributed by atoms with Crippen molar-refractivity contribution in [2.75, 3.05) is 0 Å². The molecule has 7 nitrogen and oxygen atoms in total. The lowest BCUT2D eigenvalue weighted by molar-refractivity contribution is -0.384. The first-order valence-corrected chi connectivity index (χ1v) is 7.24. The third kappa shape index (κ3) is 2.63. The average molecular weight is 314 g/mol. The summed E-state index contributed by atoms with van der Waals surface area (Å²) in [5.41, 5.74) is 1.31. The van der Waals surface area contributed by atoms with Crippen molar-refractivity contribution in [1.29, 1.82) is 0 Å². The highest BCUT2D eigenvalue weighted by Gasteiger charge is 2.16. The van der Waals surface area contributed by atoms with Crippen LogP contribution in [0.25, 0.3) is 5.69 Å². The van der Waals surface area contributed by atoms with Crippen molar-refractivity contribution in [3.05, 3.63) is 68.2 Å². The van der Waals surface area contributed by atoms with Gasteiger partial charge < -0.3 is 0 Å². The number of benzene rings is 1. The second-order valence-corrected chi connectivity index (χ2v) is 5.52. The fourth-order valence-corrected chi connectivity index (χ4v) is 2.80. The molecule has 2 heterocycles. The Morgan fingerprint density at radius 2 is 2.18 bits per heavy atom. The van der Waals surface area contributed by atoms with Gasteiger partial charge in [0.05, 0.1) is 16.3 Å². The molecule has 1 aromatic carbocycles. The number of non-ortho nitro benzene ring substituents is 1. The van der Waals surface area contributed by atoms with Gasteiger partial charge in [-0.1, -0.05) is 17.3 Å². The van der Waals surface area contributed by atoms with E-state index in [1.165, 1.54) is 16.8 Å². The predicted molar refractivity (Wildman–Crippen MR) is 80.5 cm³/mol. The molecule has 2 aromatic heterocycles. The molecule has 0 fully saturated rings. The lowest BCUT2D eigenvalue weighted by Gasteiger charge is -2.05. The van der Waals surface area contributed by atoms with Crippen LogP contribution in [-0.4, -0.2) is 26.2 Å². The Labute approximate surface area is 129 Å². The lowest BCUT2D eigenvalue weighted by Crippen LogP contribution is -2.04.